The monoisotopic (exact) mass is 382 g/mol. The van der Waals surface area contributed by atoms with Crippen LogP contribution in [0.25, 0.3) is 0 Å². The molecule has 5 heteroatoms. The van der Waals surface area contributed by atoms with Crippen LogP contribution in [0.1, 0.15) is 47.1 Å². The normalized spacial score (nSPS) is 16.4. The van der Waals surface area contributed by atoms with Crippen LogP contribution in [0.5, 0.6) is 0 Å². The minimum absolute atomic E-state index is 0.227. The first-order valence-electron chi connectivity index (χ1n) is 10.4. The van der Waals surface area contributed by atoms with E-state index >= 15 is 0 Å². The van der Waals surface area contributed by atoms with Gasteiger partial charge in [0.1, 0.15) is 11.6 Å². The first kappa shape index (κ1) is 20.7. The molecule has 1 aliphatic heterocycles. The van der Waals surface area contributed by atoms with Gasteiger partial charge >= 0.3 is 0 Å². The molecule has 1 aromatic carbocycles. The Labute approximate surface area is 169 Å². The number of benzene rings is 1. The van der Waals surface area contributed by atoms with E-state index in [1.165, 1.54) is 22.3 Å². The lowest BCUT2D eigenvalue weighted by molar-refractivity contribution is 0.106. The van der Waals surface area contributed by atoms with Crippen LogP contribution in [0.15, 0.2) is 18.2 Å². The van der Waals surface area contributed by atoms with Crippen molar-refractivity contribution in [3.05, 3.63) is 52.0 Å². The Hall–Kier alpha value is -1.98. The fourth-order valence-electron chi connectivity index (χ4n) is 3.94. The number of aliphatic hydroxyl groups is 1. The number of piperazine rings is 1. The lowest BCUT2D eigenvalue weighted by Gasteiger charge is -2.37. The summed E-state index contributed by atoms with van der Waals surface area (Å²) in [5.41, 5.74) is 6.26. The molecule has 1 atom stereocenters. The molecule has 1 N–H and O–H groups in total. The summed E-state index contributed by atoms with van der Waals surface area (Å²) >= 11 is 0. The second-order valence-electron chi connectivity index (χ2n) is 8.11. The number of aliphatic hydroxyl groups excluding tert-OH is 1. The molecular formula is C23H34N4O. The van der Waals surface area contributed by atoms with Gasteiger partial charge in [-0.3, -0.25) is 4.90 Å². The maximum absolute atomic E-state index is 9.95. The predicted octanol–water partition coefficient (Wildman–Crippen LogP) is 3.19. The summed E-state index contributed by atoms with van der Waals surface area (Å²) in [5.74, 6) is 1.92. The molecule has 5 nitrogen and oxygen atoms in total. The largest absolute Gasteiger partial charge is 0.392 e. The topological polar surface area (TPSA) is 52.5 Å². The van der Waals surface area contributed by atoms with E-state index in [9.17, 15) is 5.11 Å². The number of hydrogen-bond donors (Lipinski definition) is 1. The zero-order valence-corrected chi connectivity index (χ0v) is 18.0. The SMILES string of the molecule is CCC(O)CN1CCN(c2nc(C)nc(C)c2Cc2cc(C)ccc2C)CC1. The lowest BCUT2D eigenvalue weighted by Crippen LogP contribution is -2.49. The molecule has 1 aromatic heterocycles. The molecule has 0 saturated carbocycles. The average molecular weight is 383 g/mol. The number of anilines is 1. The fourth-order valence-corrected chi connectivity index (χ4v) is 3.94. The van der Waals surface area contributed by atoms with Gasteiger partial charge in [0.25, 0.3) is 0 Å². The zero-order chi connectivity index (χ0) is 20.3. The Morgan fingerprint density at radius 2 is 1.75 bits per heavy atom. The molecule has 1 fully saturated rings. The number of rotatable bonds is 6. The number of hydrogen-bond acceptors (Lipinski definition) is 5. The van der Waals surface area contributed by atoms with Gasteiger partial charge in [-0.15, -0.1) is 0 Å². The van der Waals surface area contributed by atoms with Crippen molar-refractivity contribution in [2.45, 2.75) is 53.6 Å². The molecule has 1 unspecified atom stereocenters. The summed E-state index contributed by atoms with van der Waals surface area (Å²) in [4.78, 5) is 14.3. The van der Waals surface area contributed by atoms with Crippen LogP contribution in [0.4, 0.5) is 5.82 Å². The Balaban J connectivity index is 1.83. The van der Waals surface area contributed by atoms with Crippen LogP contribution in [0, 0.1) is 27.7 Å². The van der Waals surface area contributed by atoms with Crippen molar-refractivity contribution in [3.63, 3.8) is 0 Å². The van der Waals surface area contributed by atoms with Crippen LogP contribution in [0.3, 0.4) is 0 Å². The van der Waals surface area contributed by atoms with Crippen molar-refractivity contribution >= 4 is 5.82 Å². The Morgan fingerprint density at radius 1 is 1.04 bits per heavy atom. The summed E-state index contributed by atoms with van der Waals surface area (Å²) in [6.07, 6.45) is 1.45. The molecule has 2 heterocycles. The zero-order valence-electron chi connectivity index (χ0n) is 18.0. The van der Waals surface area contributed by atoms with Gasteiger partial charge in [0.2, 0.25) is 0 Å². The highest BCUT2D eigenvalue weighted by atomic mass is 16.3. The van der Waals surface area contributed by atoms with E-state index in [1.807, 2.05) is 13.8 Å². The van der Waals surface area contributed by atoms with E-state index in [2.05, 4.69) is 53.8 Å². The van der Waals surface area contributed by atoms with Crippen LogP contribution in [-0.2, 0) is 6.42 Å². The summed E-state index contributed by atoms with van der Waals surface area (Å²) in [6, 6.07) is 6.65. The number of β-amino-alcohol motifs (C(OH)–C–C–N with tert-alkyl or cyclic N) is 1. The third-order valence-electron chi connectivity index (χ3n) is 5.79. The number of aryl methyl sites for hydroxylation is 4. The van der Waals surface area contributed by atoms with Crippen LogP contribution < -0.4 is 4.90 Å². The maximum Gasteiger partial charge on any atom is 0.136 e. The van der Waals surface area contributed by atoms with Crippen molar-refractivity contribution < 1.29 is 5.11 Å². The summed E-state index contributed by atoms with van der Waals surface area (Å²) in [5, 5.41) is 9.95. The minimum atomic E-state index is -0.227. The van der Waals surface area contributed by atoms with Gasteiger partial charge in [-0.2, -0.15) is 0 Å². The molecule has 0 aliphatic carbocycles. The van der Waals surface area contributed by atoms with Crippen molar-refractivity contribution in [2.24, 2.45) is 0 Å². The van der Waals surface area contributed by atoms with Gasteiger partial charge in [-0.1, -0.05) is 30.7 Å². The molecule has 152 valence electrons. The van der Waals surface area contributed by atoms with Crippen molar-refractivity contribution in [3.8, 4) is 0 Å². The highest BCUT2D eigenvalue weighted by Gasteiger charge is 2.23. The van der Waals surface area contributed by atoms with E-state index < -0.39 is 0 Å². The fraction of sp³-hybridized carbons (Fsp3) is 0.565. The first-order chi connectivity index (χ1) is 13.4. The molecule has 28 heavy (non-hydrogen) atoms. The van der Waals surface area contributed by atoms with Gasteiger partial charge in [-0.05, 0) is 45.2 Å². The quantitative estimate of drug-likeness (QED) is 0.831. The van der Waals surface area contributed by atoms with Gasteiger partial charge in [0.05, 0.1) is 6.10 Å². The summed E-state index contributed by atoms with van der Waals surface area (Å²) < 4.78 is 0. The van der Waals surface area contributed by atoms with Crippen LogP contribution in [-0.4, -0.2) is 58.8 Å². The Morgan fingerprint density at radius 3 is 2.43 bits per heavy atom. The third-order valence-corrected chi connectivity index (χ3v) is 5.79. The predicted molar refractivity (Wildman–Crippen MR) is 115 cm³/mol. The summed E-state index contributed by atoms with van der Waals surface area (Å²) in [6.45, 7) is 15.0. The molecule has 0 spiro atoms. The van der Waals surface area contributed by atoms with Crippen molar-refractivity contribution in [1.82, 2.24) is 14.9 Å². The second kappa shape index (κ2) is 9.01. The van der Waals surface area contributed by atoms with Crippen LogP contribution >= 0.6 is 0 Å². The first-order valence-corrected chi connectivity index (χ1v) is 10.4. The van der Waals surface area contributed by atoms with E-state index in [0.717, 1.165) is 62.9 Å². The lowest BCUT2D eigenvalue weighted by atomic mass is 9.97. The Kier molecular flexibility index (Phi) is 6.68. The third kappa shape index (κ3) is 4.89. The smallest absolute Gasteiger partial charge is 0.136 e. The van der Waals surface area contributed by atoms with E-state index in [-0.39, 0.29) is 6.10 Å². The van der Waals surface area contributed by atoms with Gasteiger partial charge < -0.3 is 10.0 Å². The molecule has 1 aliphatic rings. The number of nitrogens with zero attached hydrogens (tertiary/aromatic N) is 4. The highest BCUT2D eigenvalue weighted by Crippen LogP contribution is 2.26. The molecule has 0 radical (unpaired) electrons. The van der Waals surface area contributed by atoms with Gasteiger partial charge in [0, 0.05) is 50.4 Å². The van der Waals surface area contributed by atoms with Gasteiger partial charge in [-0.25, -0.2) is 9.97 Å². The van der Waals surface area contributed by atoms with E-state index in [4.69, 9.17) is 4.98 Å². The molecular weight excluding hydrogens is 348 g/mol. The second-order valence-corrected chi connectivity index (χ2v) is 8.11. The highest BCUT2D eigenvalue weighted by molar-refractivity contribution is 5.52. The van der Waals surface area contributed by atoms with Crippen LogP contribution in [0.2, 0.25) is 0 Å². The molecule has 2 aromatic rings. The van der Waals surface area contributed by atoms with Crippen molar-refractivity contribution in [2.75, 3.05) is 37.6 Å². The standard InChI is InChI=1S/C23H34N4O/c1-6-21(28)15-26-9-11-27(12-10-26)23-22(18(4)24-19(5)25-23)14-20-13-16(2)7-8-17(20)3/h7-8,13,21,28H,6,9-12,14-15H2,1-5H3. The van der Waals surface area contributed by atoms with E-state index in [1.54, 1.807) is 0 Å². The Bertz CT molecular complexity index is 812. The van der Waals surface area contributed by atoms with Crippen molar-refractivity contribution in [1.29, 1.82) is 0 Å². The molecule has 0 bridgehead atoms. The van der Waals surface area contributed by atoms with E-state index in [0.29, 0.717) is 0 Å². The summed E-state index contributed by atoms with van der Waals surface area (Å²) in [7, 11) is 0. The molecule has 0 amide bonds. The molecule has 3 rings (SSSR count). The average Bonchev–Trinajstić information content (AvgIpc) is 2.67. The van der Waals surface area contributed by atoms with Gasteiger partial charge in [0.15, 0.2) is 0 Å². The minimum Gasteiger partial charge on any atom is -0.392 e. The maximum atomic E-state index is 9.95. The number of aromatic nitrogens is 2. The molecule has 1 saturated heterocycles.